The van der Waals surface area contributed by atoms with E-state index in [-0.39, 0.29) is 17.9 Å². The Morgan fingerprint density at radius 2 is 1.81 bits per heavy atom. The van der Waals surface area contributed by atoms with E-state index in [1.54, 1.807) is 7.11 Å². The molecule has 6 nitrogen and oxygen atoms in total. The number of hydrogen-bond acceptors (Lipinski definition) is 5. The maximum absolute atomic E-state index is 13.6. The lowest BCUT2D eigenvalue weighted by atomic mass is 9.82. The van der Waals surface area contributed by atoms with E-state index in [0.29, 0.717) is 26.3 Å². The van der Waals surface area contributed by atoms with Crippen LogP contribution >= 0.6 is 0 Å². The van der Waals surface area contributed by atoms with Gasteiger partial charge in [-0.25, -0.2) is 0 Å². The van der Waals surface area contributed by atoms with Crippen LogP contribution in [0.15, 0.2) is 42.5 Å². The number of aryl methyl sites for hydroxylation is 1. The fourth-order valence-electron chi connectivity index (χ4n) is 5.20. The van der Waals surface area contributed by atoms with Crippen molar-refractivity contribution in [1.29, 1.82) is 0 Å². The second kappa shape index (κ2) is 8.42. The Kier molecular flexibility index (Phi) is 5.48. The Morgan fingerprint density at radius 1 is 1.03 bits per heavy atom. The monoisotopic (exact) mass is 421 g/mol. The van der Waals surface area contributed by atoms with Crippen LogP contribution in [-0.2, 0) is 16.0 Å². The summed E-state index contributed by atoms with van der Waals surface area (Å²) in [7, 11) is 1.71. The summed E-state index contributed by atoms with van der Waals surface area (Å²) in [6.45, 7) is 7.45. The van der Waals surface area contributed by atoms with Gasteiger partial charge in [0.05, 0.1) is 32.3 Å². The summed E-state index contributed by atoms with van der Waals surface area (Å²) < 4.78 is 11.0. The van der Waals surface area contributed by atoms with Crippen LogP contribution in [0.2, 0.25) is 0 Å². The van der Waals surface area contributed by atoms with Crippen molar-refractivity contribution in [3.05, 3.63) is 53.6 Å². The van der Waals surface area contributed by atoms with Gasteiger partial charge in [-0.05, 0) is 37.1 Å². The van der Waals surface area contributed by atoms with Crippen LogP contribution in [0.1, 0.15) is 11.1 Å². The van der Waals surface area contributed by atoms with Gasteiger partial charge in [0.15, 0.2) is 0 Å². The zero-order valence-electron chi connectivity index (χ0n) is 18.4. The summed E-state index contributed by atoms with van der Waals surface area (Å²) in [4.78, 5) is 20.5. The van der Waals surface area contributed by atoms with E-state index >= 15 is 0 Å². The number of hydrogen-bond donors (Lipinski definition) is 0. The second-order valence-corrected chi connectivity index (χ2v) is 8.79. The molecule has 3 aliphatic rings. The zero-order chi connectivity index (χ0) is 21.4. The van der Waals surface area contributed by atoms with Gasteiger partial charge >= 0.3 is 0 Å². The van der Waals surface area contributed by atoms with Crippen molar-refractivity contribution in [3.8, 4) is 5.75 Å². The number of benzene rings is 2. The number of carbonyl (C=O) groups is 1. The summed E-state index contributed by atoms with van der Waals surface area (Å²) in [5, 5.41) is 0. The van der Waals surface area contributed by atoms with Gasteiger partial charge in [0, 0.05) is 50.2 Å². The van der Waals surface area contributed by atoms with E-state index in [1.807, 2.05) is 11.0 Å². The predicted molar refractivity (Wildman–Crippen MR) is 122 cm³/mol. The molecule has 0 bridgehead atoms. The molecule has 0 N–H and O–H groups in total. The number of rotatable bonds is 3. The molecule has 2 aromatic rings. The van der Waals surface area contributed by atoms with Crippen molar-refractivity contribution in [2.24, 2.45) is 5.92 Å². The Balaban J connectivity index is 1.47. The maximum atomic E-state index is 13.6. The van der Waals surface area contributed by atoms with Gasteiger partial charge in [-0.15, -0.1) is 0 Å². The average Bonchev–Trinajstić information content (AvgIpc) is 2.83. The Bertz CT molecular complexity index is 940. The number of piperazine rings is 1. The smallest absolute Gasteiger partial charge is 0.228 e. The molecular weight excluding hydrogens is 390 g/mol. The largest absolute Gasteiger partial charge is 0.497 e. The lowest BCUT2D eigenvalue weighted by molar-refractivity contribution is -0.140. The number of fused-ring (bicyclic) bond motifs is 3. The SMILES string of the molecule is COc1ccc2c(c1)N1CCN(c3ccc(C)cc3)C[C@@H]1[C@H](C(=O)N1CCOCC1)C2. The lowest BCUT2D eigenvalue weighted by Crippen LogP contribution is -2.62. The number of anilines is 2. The number of amides is 1. The first kappa shape index (κ1) is 20.2. The molecule has 3 aliphatic heterocycles. The van der Waals surface area contributed by atoms with Crippen LogP contribution < -0.4 is 14.5 Å². The van der Waals surface area contributed by atoms with Crippen LogP contribution in [0.4, 0.5) is 11.4 Å². The maximum Gasteiger partial charge on any atom is 0.228 e. The standard InChI is InChI=1S/C25H31N3O3/c1-18-3-6-20(7-4-18)27-9-10-28-23-16-21(30-2)8-5-19(23)15-22(24(28)17-27)25(29)26-11-13-31-14-12-26/h3-8,16,22,24H,9-15,17H2,1-2H3/t22-,24-/m1/s1. The van der Waals surface area contributed by atoms with E-state index in [2.05, 4.69) is 53.1 Å². The average molecular weight is 422 g/mol. The van der Waals surface area contributed by atoms with Gasteiger partial charge in [0.25, 0.3) is 0 Å². The number of morpholine rings is 1. The summed E-state index contributed by atoms with van der Waals surface area (Å²) in [5.41, 5.74) is 4.96. The summed E-state index contributed by atoms with van der Waals surface area (Å²) in [6, 6.07) is 15.2. The molecule has 0 radical (unpaired) electrons. The van der Waals surface area contributed by atoms with Crippen LogP contribution in [-0.4, -0.2) is 69.9 Å². The van der Waals surface area contributed by atoms with E-state index in [9.17, 15) is 4.79 Å². The molecule has 6 heteroatoms. The molecule has 3 heterocycles. The topological polar surface area (TPSA) is 45.2 Å². The number of methoxy groups -OCH3 is 1. The molecule has 2 atom stereocenters. The molecule has 2 saturated heterocycles. The third-order valence-electron chi connectivity index (χ3n) is 6.96. The van der Waals surface area contributed by atoms with Gasteiger partial charge in [0.2, 0.25) is 5.91 Å². The first-order chi connectivity index (χ1) is 15.1. The zero-order valence-corrected chi connectivity index (χ0v) is 18.4. The van der Waals surface area contributed by atoms with Crippen molar-refractivity contribution < 1.29 is 14.3 Å². The molecule has 0 spiro atoms. The van der Waals surface area contributed by atoms with E-state index in [1.165, 1.54) is 22.5 Å². The highest BCUT2D eigenvalue weighted by atomic mass is 16.5. The molecule has 0 unspecified atom stereocenters. The van der Waals surface area contributed by atoms with Crippen LogP contribution in [0.5, 0.6) is 5.75 Å². The third-order valence-corrected chi connectivity index (χ3v) is 6.96. The summed E-state index contributed by atoms with van der Waals surface area (Å²) >= 11 is 0. The second-order valence-electron chi connectivity index (χ2n) is 8.79. The summed E-state index contributed by atoms with van der Waals surface area (Å²) in [6.07, 6.45) is 0.776. The highest BCUT2D eigenvalue weighted by molar-refractivity contribution is 5.83. The highest BCUT2D eigenvalue weighted by Crippen LogP contribution is 2.39. The fraction of sp³-hybridized carbons (Fsp3) is 0.480. The van der Waals surface area contributed by atoms with Gasteiger partial charge < -0.3 is 24.2 Å². The molecule has 2 fully saturated rings. The van der Waals surface area contributed by atoms with Gasteiger partial charge in [-0.1, -0.05) is 23.8 Å². The third kappa shape index (κ3) is 3.85. The van der Waals surface area contributed by atoms with Crippen LogP contribution in [0.25, 0.3) is 0 Å². The van der Waals surface area contributed by atoms with Crippen molar-refractivity contribution in [2.75, 3.05) is 62.8 Å². The van der Waals surface area contributed by atoms with Gasteiger partial charge in [-0.2, -0.15) is 0 Å². The number of ether oxygens (including phenoxy) is 2. The molecule has 1 amide bonds. The molecule has 31 heavy (non-hydrogen) atoms. The van der Waals surface area contributed by atoms with Crippen LogP contribution in [0, 0.1) is 12.8 Å². The fourth-order valence-corrected chi connectivity index (χ4v) is 5.20. The molecule has 0 aromatic heterocycles. The molecule has 0 aliphatic carbocycles. The van der Waals surface area contributed by atoms with E-state index in [4.69, 9.17) is 9.47 Å². The first-order valence-electron chi connectivity index (χ1n) is 11.3. The minimum atomic E-state index is -0.0488. The quantitative estimate of drug-likeness (QED) is 0.763. The number of nitrogens with zero attached hydrogens (tertiary/aromatic N) is 3. The van der Waals surface area contributed by atoms with Crippen molar-refractivity contribution in [1.82, 2.24) is 4.90 Å². The predicted octanol–water partition coefficient (Wildman–Crippen LogP) is 2.73. The lowest BCUT2D eigenvalue weighted by Gasteiger charge is -2.50. The van der Waals surface area contributed by atoms with Crippen LogP contribution in [0.3, 0.4) is 0 Å². The Hall–Kier alpha value is -2.73. The molecular formula is C25H31N3O3. The molecule has 2 aromatic carbocycles. The minimum Gasteiger partial charge on any atom is -0.497 e. The van der Waals surface area contributed by atoms with Gasteiger partial charge in [-0.3, -0.25) is 4.79 Å². The Labute approximate surface area is 184 Å². The molecule has 5 rings (SSSR count). The first-order valence-corrected chi connectivity index (χ1v) is 11.3. The summed E-state index contributed by atoms with van der Waals surface area (Å²) in [5.74, 6) is 1.09. The van der Waals surface area contributed by atoms with Gasteiger partial charge in [0.1, 0.15) is 5.75 Å². The molecule has 164 valence electrons. The number of carbonyl (C=O) groups excluding carboxylic acids is 1. The Morgan fingerprint density at radius 3 is 2.55 bits per heavy atom. The van der Waals surface area contributed by atoms with Crippen molar-refractivity contribution >= 4 is 17.3 Å². The van der Waals surface area contributed by atoms with E-state index in [0.717, 1.165) is 31.8 Å². The van der Waals surface area contributed by atoms with Crippen molar-refractivity contribution in [2.45, 2.75) is 19.4 Å². The normalized spacial score (nSPS) is 23.2. The van der Waals surface area contributed by atoms with Crippen molar-refractivity contribution in [3.63, 3.8) is 0 Å². The highest BCUT2D eigenvalue weighted by Gasteiger charge is 2.43. The molecule has 0 saturated carbocycles. The minimum absolute atomic E-state index is 0.0488. The van der Waals surface area contributed by atoms with E-state index < -0.39 is 0 Å².